The van der Waals surface area contributed by atoms with Crippen LogP contribution in [0.15, 0.2) is 25.6 Å². The van der Waals surface area contributed by atoms with Gasteiger partial charge in [0.1, 0.15) is 6.54 Å². The van der Waals surface area contributed by atoms with E-state index in [1.165, 1.54) is 12.4 Å². The van der Waals surface area contributed by atoms with E-state index in [0.717, 1.165) is 0 Å². The molecule has 0 saturated carbocycles. The molecule has 10 heavy (non-hydrogen) atoms. The summed E-state index contributed by atoms with van der Waals surface area (Å²) >= 11 is 0. The lowest BCUT2D eigenvalue weighted by Crippen LogP contribution is -2.15. The van der Waals surface area contributed by atoms with Gasteiger partial charge in [0.2, 0.25) is 0 Å². The molecule has 0 aliphatic rings. The zero-order valence-corrected chi connectivity index (χ0v) is 5.71. The molecule has 0 fully saturated rings. The van der Waals surface area contributed by atoms with Gasteiger partial charge >= 0.3 is 5.97 Å². The summed E-state index contributed by atoms with van der Waals surface area (Å²) in [6.07, 6.45) is 2.59. The highest BCUT2D eigenvalue weighted by Gasteiger charge is 1.87. The summed E-state index contributed by atoms with van der Waals surface area (Å²) in [5.41, 5.74) is 4.61. The monoisotopic (exact) mass is 144 g/mol. The van der Waals surface area contributed by atoms with Crippen LogP contribution in [-0.4, -0.2) is 17.6 Å². The maximum Gasteiger partial charge on any atom is 0.322 e. The summed E-state index contributed by atoms with van der Waals surface area (Å²) in [7, 11) is 0. The molecule has 0 aliphatic heterocycles. The number of hydrogen-bond acceptors (Lipinski definition) is 3. The largest absolute Gasteiger partial charge is 0.480 e. The second-order valence-electron chi connectivity index (χ2n) is 1.21. The van der Waals surface area contributed by atoms with Crippen LogP contribution in [0.25, 0.3) is 0 Å². The van der Waals surface area contributed by atoms with Crippen LogP contribution >= 0.6 is 0 Å². The van der Waals surface area contributed by atoms with Gasteiger partial charge in [0.25, 0.3) is 0 Å². The Morgan fingerprint density at radius 1 is 1.70 bits per heavy atom. The molecule has 0 aromatic heterocycles. The molecule has 4 heteroatoms. The maximum absolute atomic E-state index is 9.65. The van der Waals surface area contributed by atoms with Crippen molar-refractivity contribution in [1.82, 2.24) is 5.32 Å². The van der Waals surface area contributed by atoms with Crippen LogP contribution in [0.5, 0.6) is 0 Å². The Bertz CT molecular complexity index is 112. The second kappa shape index (κ2) is 10.5. The average molecular weight is 144 g/mol. The first-order valence-corrected chi connectivity index (χ1v) is 2.57. The number of hydrogen-bond donors (Lipinski definition) is 3. The molecule has 0 unspecified atom stereocenters. The Morgan fingerprint density at radius 2 is 2.10 bits per heavy atom. The van der Waals surface area contributed by atoms with Crippen LogP contribution in [0.3, 0.4) is 0 Å². The zero-order valence-electron chi connectivity index (χ0n) is 5.71. The topological polar surface area (TPSA) is 75.3 Å². The summed E-state index contributed by atoms with van der Waals surface area (Å²) in [4.78, 5) is 9.65. The summed E-state index contributed by atoms with van der Waals surface area (Å²) < 4.78 is 0. The van der Waals surface area contributed by atoms with Crippen molar-refractivity contribution in [2.45, 2.75) is 0 Å². The molecule has 0 aromatic carbocycles. The van der Waals surface area contributed by atoms with Gasteiger partial charge in [0, 0.05) is 0 Å². The smallest absolute Gasteiger partial charge is 0.322 e. The second-order valence-corrected chi connectivity index (χ2v) is 1.21. The molecule has 0 atom stereocenters. The van der Waals surface area contributed by atoms with Gasteiger partial charge in [-0.25, -0.2) is 0 Å². The predicted octanol–water partition coefficient (Wildman–Crippen LogP) is -0.107. The van der Waals surface area contributed by atoms with Gasteiger partial charge in [0.15, 0.2) is 0 Å². The zero-order chi connectivity index (χ0) is 8.41. The minimum absolute atomic E-state index is 0.0521. The van der Waals surface area contributed by atoms with Gasteiger partial charge in [-0.2, -0.15) is 0 Å². The van der Waals surface area contributed by atoms with Gasteiger partial charge < -0.3 is 16.2 Å². The summed E-state index contributed by atoms with van der Waals surface area (Å²) in [6, 6.07) is 0. The van der Waals surface area contributed by atoms with Crippen molar-refractivity contribution in [1.29, 1.82) is 0 Å². The SMILES string of the molecule is C=CN.C=CNCC(=O)O. The summed E-state index contributed by atoms with van der Waals surface area (Å²) in [5, 5.41) is 10.3. The molecule has 0 radical (unpaired) electrons. The minimum atomic E-state index is -0.875. The van der Waals surface area contributed by atoms with Crippen molar-refractivity contribution < 1.29 is 9.90 Å². The quantitative estimate of drug-likeness (QED) is 0.516. The number of rotatable bonds is 3. The van der Waals surface area contributed by atoms with Crippen LogP contribution in [-0.2, 0) is 4.79 Å². The van der Waals surface area contributed by atoms with Crippen LogP contribution < -0.4 is 11.1 Å². The highest BCUT2D eigenvalue weighted by Crippen LogP contribution is 1.56. The lowest BCUT2D eigenvalue weighted by atomic mass is 10.7. The maximum atomic E-state index is 9.65. The lowest BCUT2D eigenvalue weighted by Gasteiger charge is -1.88. The van der Waals surface area contributed by atoms with Crippen molar-refractivity contribution in [3.8, 4) is 0 Å². The van der Waals surface area contributed by atoms with E-state index in [2.05, 4.69) is 24.2 Å². The summed E-state index contributed by atoms with van der Waals surface area (Å²) in [5.74, 6) is -0.875. The molecule has 0 heterocycles. The minimum Gasteiger partial charge on any atom is -0.480 e. The van der Waals surface area contributed by atoms with Crippen molar-refractivity contribution in [3.05, 3.63) is 25.6 Å². The van der Waals surface area contributed by atoms with Crippen molar-refractivity contribution in [2.24, 2.45) is 5.73 Å². The first-order chi connectivity index (χ1) is 4.68. The van der Waals surface area contributed by atoms with E-state index < -0.39 is 5.97 Å². The number of carboxylic acids is 1. The first-order valence-electron chi connectivity index (χ1n) is 2.57. The Kier molecular flexibility index (Phi) is 11.9. The van der Waals surface area contributed by atoms with E-state index >= 15 is 0 Å². The van der Waals surface area contributed by atoms with E-state index in [-0.39, 0.29) is 6.54 Å². The van der Waals surface area contributed by atoms with Gasteiger partial charge in [-0.1, -0.05) is 13.2 Å². The third-order valence-electron chi connectivity index (χ3n) is 0.398. The number of carbonyl (C=O) groups is 1. The molecule has 4 nitrogen and oxygen atoms in total. The van der Waals surface area contributed by atoms with Crippen molar-refractivity contribution in [3.63, 3.8) is 0 Å². The third kappa shape index (κ3) is 31.0. The first kappa shape index (κ1) is 11.4. The lowest BCUT2D eigenvalue weighted by molar-refractivity contribution is -0.135. The van der Waals surface area contributed by atoms with E-state index in [4.69, 9.17) is 5.11 Å². The van der Waals surface area contributed by atoms with Crippen LogP contribution in [0.1, 0.15) is 0 Å². The molecule has 0 amide bonds. The van der Waals surface area contributed by atoms with Gasteiger partial charge in [-0.15, -0.1) is 0 Å². The molecule has 58 valence electrons. The Labute approximate surface area is 60.0 Å². The Balaban J connectivity index is 0. The van der Waals surface area contributed by atoms with E-state index in [1.54, 1.807) is 0 Å². The number of nitrogens with one attached hydrogen (secondary N) is 1. The predicted molar refractivity (Wildman–Crippen MR) is 40.2 cm³/mol. The number of aliphatic carboxylic acids is 1. The fraction of sp³-hybridized carbons (Fsp3) is 0.167. The van der Waals surface area contributed by atoms with E-state index in [0.29, 0.717) is 0 Å². The van der Waals surface area contributed by atoms with Gasteiger partial charge in [0.05, 0.1) is 0 Å². The average Bonchev–Trinajstić information content (AvgIpc) is 1.85. The fourth-order valence-electron chi connectivity index (χ4n) is 0.159. The summed E-state index contributed by atoms with van der Waals surface area (Å²) in [6.45, 7) is 6.34. The molecule has 4 N–H and O–H groups in total. The molecular formula is C6H12N2O2. The van der Waals surface area contributed by atoms with Gasteiger partial charge in [-0.05, 0) is 12.4 Å². The number of carboxylic acid groups (broad SMARTS) is 1. The standard InChI is InChI=1S/C4H7NO2.C2H5N/c1-2-5-3-4(6)7;1-2-3/h2,5H,1,3H2,(H,6,7);2H,1,3H2. The van der Waals surface area contributed by atoms with Crippen LogP contribution in [0, 0.1) is 0 Å². The molecule has 0 spiro atoms. The molecule has 0 rings (SSSR count). The molecule has 0 aromatic rings. The van der Waals surface area contributed by atoms with Crippen molar-refractivity contribution >= 4 is 5.97 Å². The third-order valence-corrected chi connectivity index (χ3v) is 0.398. The number of nitrogens with two attached hydrogens (primary N) is 1. The van der Waals surface area contributed by atoms with E-state index in [9.17, 15) is 4.79 Å². The normalized spacial score (nSPS) is 6.40. The Morgan fingerprint density at radius 3 is 2.20 bits per heavy atom. The van der Waals surface area contributed by atoms with Crippen LogP contribution in [0.2, 0.25) is 0 Å². The Hall–Kier alpha value is -1.45. The molecule has 0 bridgehead atoms. The molecule has 0 saturated heterocycles. The van der Waals surface area contributed by atoms with Crippen LogP contribution in [0.4, 0.5) is 0 Å². The highest BCUT2D eigenvalue weighted by atomic mass is 16.4. The van der Waals surface area contributed by atoms with E-state index in [1.807, 2.05) is 0 Å². The molecular weight excluding hydrogens is 132 g/mol. The van der Waals surface area contributed by atoms with Crippen molar-refractivity contribution in [2.75, 3.05) is 6.54 Å². The fourth-order valence-corrected chi connectivity index (χ4v) is 0.159. The van der Waals surface area contributed by atoms with Gasteiger partial charge in [-0.3, -0.25) is 4.79 Å². The molecule has 0 aliphatic carbocycles. The highest BCUT2D eigenvalue weighted by molar-refractivity contribution is 5.69.